The van der Waals surface area contributed by atoms with Crippen molar-refractivity contribution in [3.63, 3.8) is 0 Å². The second-order valence-corrected chi connectivity index (χ2v) is 6.95. The number of aliphatic hydroxyl groups excluding tert-OH is 2. The summed E-state index contributed by atoms with van der Waals surface area (Å²) in [6.45, 7) is 5.86. The first-order valence-electron chi connectivity index (χ1n) is 9.85. The Morgan fingerprint density at radius 1 is 1.28 bits per heavy atom. The fourth-order valence-electron chi connectivity index (χ4n) is 3.11. The van der Waals surface area contributed by atoms with Crippen LogP contribution in [-0.4, -0.2) is 60.1 Å². The van der Waals surface area contributed by atoms with Crippen molar-refractivity contribution >= 4 is 29.0 Å². The monoisotopic (exact) mass is 460 g/mol. The van der Waals surface area contributed by atoms with Crippen LogP contribution in [0.2, 0.25) is 0 Å². The van der Waals surface area contributed by atoms with Gasteiger partial charge in [0.1, 0.15) is 5.76 Å². The summed E-state index contributed by atoms with van der Waals surface area (Å²) in [4.78, 5) is 11.7. The summed E-state index contributed by atoms with van der Waals surface area (Å²) in [6.07, 6.45) is 7.68. The predicted octanol–water partition coefficient (Wildman–Crippen LogP) is 3.74. The van der Waals surface area contributed by atoms with E-state index in [1.165, 1.54) is 24.9 Å². The molecule has 0 saturated carbocycles. The lowest BCUT2D eigenvalue weighted by molar-refractivity contribution is -0.586. The van der Waals surface area contributed by atoms with Crippen LogP contribution in [0.25, 0.3) is 5.76 Å². The molecule has 0 bridgehead atoms. The summed E-state index contributed by atoms with van der Waals surface area (Å²) in [5, 5.41) is 22.3. The Morgan fingerprint density at radius 3 is 2.66 bits per heavy atom. The van der Waals surface area contributed by atoms with Crippen molar-refractivity contribution in [2.24, 2.45) is 0 Å². The molecule has 1 aliphatic carbocycles. The molecule has 0 heterocycles. The number of esters is 1. The summed E-state index contributed by atoms with van der Waals surface area (Å²) < 4.78 is 17.2. The molecule has 0 aliphatic heterocycles. The van der Waals surface area contributed by atoms with Crippen LogP contribution in [0.3, 0.4) is 0 Å². The van der Waals surface area contributed by atoms with E-state index >= 15 is 0 Å². The van der Waals surface area contributed by atoms with Gasteiger partial charge in [-0.25, -0.2) is 4.79 Å². The first kappa shape index (κ1) is 25.0. The van der Waals surface area contributed by atoms with E-state index in [1.807, 2.05) is 0 Å². The van der Waals surface area contributed by atoms with Crippen molar-refractivity contribution in [1.29, 1.82) is 0 Å². The molecule has 0 fully saturated rings. The smallest absolute Gasteiger partial charge is 0.330 e. The van der Waals surface area contributed by atoms with Gasteiger partial charge in [0.15, 0.2) is 18.0 Å². The number of hydrogen-bond acceptors (Lipinski definition) is 6. The van der Waals surface area contributed by atoms with Gasteiger partial charge in [-0.15, -0.1) is 0 Å². The minimum absolute atomic E-state index is 0.131. The maximum absolute atomic E-state index is 11.7. The summed E-state index contributed by atoms with van der Waals surface area (Å²) >= 11 is 6.22. The molecule has 2 rings (SSSR count). The molecular weight excluding hydrogens is 434 g/mol. The summed E-state index contributed by atoms with van der Waals surface area (Å²) in [5.74, 6) is 0.0859. The molecule has 1 aliphatic rings. The zero-order chi connectivity index (χ0) is 23.7. The highest BCUT2D eigenvalue weighted by atomic mass is 35.5. The third-order valence-corrected chi connectivity index (χ3v) is 4.75. The molecule has 2 N–H and O–H groups in total. The van der Waals surface area contributed by atoms with Crippen molar-refractivity contribution in [2.75, 3.05) is 27.4 Å². The predicted molar refractivity (Wildman–Crippen MR) is 124 cm³/mol. The van der Waals surface area contributed by atoms with Crippen LogP contribution in [0.1, 0.15) is 12.5 Å². The van der Waals surface area contributed by atoms with Gasteiger partial charge in [0, 0.05) is 23.3 Å². The maximum Gasteiger partial charge on any atom is 0.330 e. The van der Waals surface area contributed by atoms with Crippen LogP contribution >= 0.6 is 11.6 Å². The Labute approximate surface area is 192 Å². The molecular formula is C24H27ClNO6+. The number of allylic oxidation sites excluding steroid dienone is 5. The molecule has 170 valence electrons. The molecule has 0 spiro atoms. The van der Waals surface area contributed by atoms with E-state index in [4.69, 9.17) is 25.8 Å². The van der Waals surface area contributed by atoms with Crippen molar-refractivity contribution in [3.05, 3.63) is 77.4 Å². The molecule has 1 aromatic carbocycles. The average Bonchev–Trinajstić information content (AvgIpc) is 2.80. The highest BCUT2D eigenvalue weighted by Crippen LogP contribution is 2.36. The quantitative estimate of drug-likeness (QED) is 0.146. The van der Waals surface area contributed by atoms with E-state index in [0.717, 1.165) is 6.08 Å². The fourth-order valence-corrected chi connectivity index (χ4v) is 3.29. The van der Waals surface area contributed by atoms with E-state index in [1.54, 1.807) is 49.4 Å². The van der Waals surface area contributed by atoms with Gasteiger partial charge in [-0.1, -0.05) is 24.2 Å². The fraction of sp³-hybridized carbons (Fsp3) is 0.250. The van der Waals surface area contributed by atoms with Crippen molar-refractivity contribution in [3.8, 4) is 11.5 Å². The lowest BCUT2D eigenvalue weighted by atomic mass is 9.98. The summed E-state index contributed by atoms with van der Waals surface area (Å²) in [6, 6.07) is 5.11. The minimum atomic E-state index is -1.21. The van der Waals surface area contributed by atoms with Gasteiger partial charge in [0.2, 0.25) is 5.71 Å². The number of nitrogens with zero attached hydrogens (tertiary/aromatic N) is 1. The molecule has 7 nitrogen and oxygen atoms in total. The number of benzene rings is 1. The lowest BCUT2D eigenvalue weighted by Gasteiger charge is -2.17. The molecule has 0 saturated heterocycles. The largest absolute Gasteiger partial charge is 0.506 e. The third kappa shape index (κ3) is 5.90. The molecule has 0 amide bonds. The van der Waals surface area contributed by atoms with Gasteiger partial charge in [0.25, 0.3) is 6.23 Å². The number of carbonyl (C=O) groups is 1. The lowest BCUT2D eigenvalue weighted by Crippen LogP contribution is -2.32. The van der Waals surface area contributed by atoms with Crippen LogP contribution in [-0.2, 0) is 9.53 Å². The van der Waals surface area contributed by atoms with E-state index in [0.29, 0.717) is 33.4 Å². The zero-order valence-electron chi connectivity index (χ0n) is 18.2. The Hall–Kier alpha value is -3.29. The van der Waals surface area contributed by atoms with Gasteiger partial charge >= 0.3 is 5.97 Å². The first-order valence-corrected chi connectivity index (χ1v) is 10.2. The normalized spacial score (nSPS) is 17.5. The summed E-state index contributed by atoms with van der Waals surface area (Å²) in [5.41, 5.74) is 1.18. The molecule has 0 radical (unpaired) electrons. The van der Waals surface area contributed by atoms with Crippen LogP contribution < -0.4 is 9.47 Å². The van der Waals surface area contributed by atoms with Crippen molar-refractivity contribution in [2.45, 2.75) is 13.2 Å². The number of halogens is 1. The second-order valence-electron chi connectivity index (χ2n) is 6.52. The topological polar surface area (TPSA) is 88.2 Å². The van der Waals surface area contributed by atoms with Crippen molar-refractivity contribution in [1.82, 2.24) is 0 Å². The second kappa shape index (κ2) is 11.9. The number of carbonyl (C=O) groups excluding carboxylic acids is 1. The third-order valence-electron chi connectivity index (χ3n) is 4.52. The maximum atomic E-state index is 11.7. The molecule has 8 heteroatoms. The van der Waals surface area contributed by atoms with Crippen LogP contribution in [0.5, 0.6) is 11.5 Å². The molecule has 1 unspecified atom stereocenters. The Morgan fingerprint density at radius 2 is 2.03 bits per heavy atom. The van der Waals surface area contributed by atoms with E-state index < -0.39 is 12.2 Å². The number of methoxy groups -OCH3 is 2. The Balaban J connectivity index is 2.68. The van der Waals surface area contributed by atoms with E-state index in [2.05, 4.69) is 6.58 Å². The SMILES string of the molecule is C=CC[N+](=C1C=CC(Cl)=C/C1=C(/O)c1cccc(OC)c1OC)C(O)/C=C/C(=O)OCC. The highest BCUT2D eigenvalue weighted by Gasteiger charge is 2.28. The Bertz CT molecular complexity index is 1020. The van der Waals surface area contributed by atoms with Crippen molar-refractivity contribution < 1.29 is 33.8 Å². The number of aliphatic hydroxyl groups is 2. The van der Waals surface area contributed by atoms with E-state index in [-0.39, 0.29) is 18.9 Å². The van der Waals surface area contributed by atoms with Gasteiger partial charge in [-0.05, 0) is 37.3 Å². The van der Waals surface area contributed by atoms with E-state index in [9.17, 15) is 15.0 Å². The van der Waals surface area contributed by atoms with Gasteiger partial charge in [0.05, 0.1) is 32.0 Å². The standard InChI is InChI=1S/C24H26ClNO6/c1-5-14-26(21(27)12-13-22(28)32-6-2)19-11-10-16(25)15-18(19)23(29)17-8-7-9-20(30-3)24(17)31-4/h5,7-13,15,21,27H,1,6,14H2,2-4H3/p+1/b13-12+. The van der Waals surface area contributed by atoms with Gasteiger partial charge in [-0.3, -0.25) is 0 Å². The van der Waals surface area contributed by atoms with Gasteiger partial charge in [-0.2, -0.15) is 4.58 Å². The molecule has 0 aromatic heterocycles. The summed E-state index contributed by atoms with van der Waals surface area (Å²) in [7, 11) is 2.98. The first-order chi connectivity index (χ1) is 15.4. The highest BCUT2D eigenvalue weighted by molar-refractivity contribution is 6.33. The average molecular weight is 461 g/mol. The number of para-hydroxylation sites is 1. The number of rotatable bonds is 9. The number of ether oxygens (including phenoxy) is 3. The zero-order valence-corrected chi connectivity index (χ0v) is 19.0. The molecule has 1 atom stereocenters. The molecule has 1 aromatic rings. The van der Waals surface area contributed by atoms with Crippen LogP contribution in [0, 0.1) is 0 Å². The van der Waals surface area contributed by atoms with Crippen LogP contribution in [0.15, 0.2) is 71.8 Å². The number of hydrogen-bond donors (Lipinski definition) is 2. The Kier molecular flexibility index (Phi) is 9.31. The van der Waals surface area contributed by atoms with Crippen LogP contribution in [0.4, 0.5) is 0 Å². The molecule has 32 heavy (non-hydrogen) atoms. The minimum Gasteiger partial charge on any atom is -0.506 e. The van der Waals surface area contributed by atoms with Gasteiger partial charge < -0.3 is 24.4 Å².